The Morgan fingerprint density at radius 1 is 1.28 bits per heavy atom. The summed E-state index contributed by atoms with van der Waals surface area (Å²) in [7, 11) is 0. The van der Waals surface area contributed by atoms with Gasteiger partial charge in [0.25, 0.3) is 6.01 Å². The maximum absolute atomic E-state index is 13.4. The van der Waals surface area contributed by atoms with Crippen LogP contribution >= 0.6 is 11.3 Å². The number of hydrogen-bond donors (Lipinski definition) is 2. The van der Waals surface area contributed by atoms with Crippen LogP contribution in [0.15, 0.2) is 22.1 Å². The van der Waals surface area contributed by atoms with Crippen molar-refractivity contribution in [1.82, 2.24) is 15.3 Å². The Morgan fingerprint density at radius 3 is 2.59 bits per heavy atom. The van der Waals surface area contributed by atoms with Crippen LogP contribution < -0.4 is 15.0 Å². The fraction of sp³-hybridized carbons (Fsp3) is 0.524. The van der Waals surface area contributed by atoms with Crippen molar-refractivity contribution in [3.63, 3.8) is 0 Å². The summed E-state index contributed by atoms with van der Waals surface area (Å²) in [6, 6.07) is 2.32. The number of aromatic nitrogens is 2. The van der Waals surface area contributed by atoms with E-state index < -0.39 is 18.2 Å². The zero-order chi connectivity index (χ0) is 22.6. The zero-order valence-corrected chi connectivity index (χ0v) is 18.3. The number of halogens is 3. The number of anilines is 1. The van der Waals surface area contributed by atoms with Crippen LogP contribution in [-0.2, 0) is 0 Å². The predicted molar refractivity (Wildman–Crippen MR) is 114 cm³/mol. The second kappa shape index (κ2) is 7.89. The van der Waals surface area contributed by atoms with Crippen LogP contribution in [0.2, 0.25) is 0 Å². The number of hydrogen-bond acceptors (Lipinski definition) is 8. The fourth-order valence-electron chi connectivity index (χ4n) is 4.47. The maximum atomic E-state index is 13.4. The number of aliphatic hydroxyl groups is 1. The van der Waals surface area contributed by atoms with Gasteiger partial charge < -0.3 is 24.5 Å². The molecule has 4 heterocycles. The summed E-state index contributed by atoms with van der Waals surface area (Å²) in [6.07, 6.45) is -2.45. The highest BCUT2D eigenvalue weighted by molar-refractivity contribution is 7.13. The van der Waals surface area contributed by atoms with Crippen LogP contribution in [-0.4, -0.2) is 46.6 Å². The van der Waals surface area contributed by atoms with Crippen molar-refractivity contribution in [1.29, 1.82) is 0 Å². The molecule has 2 aromatic heterocycles. The minimum Gasteiger partial charge on any atom is -0.422 e. The van der Waals surface area contributed by atoms with Gasteiger partial charge in [-0.15, -0.1) is 24.5 Å². The van der Waals surface area contributed by atoms with Gasteiger partial charge in [-0.1, -0.05) is 13.8 Å². The number of rotatable bonds is 5. The first-order valence-corrected chi connectivity index (χ1v) is 11.4. The molecule has 11 heteroatoms. The van der Waals surface area contributed by atoms with E-state index in [1.54, 1.807) is 25.4 Å². The summed E-state index contributed by atoms with van der Waals surface area (Å²) in [6.45, 7) is 4.76. The van der Waals surface area contributed by atoms with Crippen molar-refractivity contribution >= 4 is 28.5 Å². The van der Waals surface area contributed by atoms with Gasteiger partial charge >= 0.3 is 6.36 Å². The number of nitrogens with one attached hydrogen (secondary N) is 1. The monoisotopic (exact) mass is 468 g/mol. The lowest BCUT2D eigenvalue weighted by Crippen LogP contribution is -2.51. The summed E-state index contributed by atoms with van der Waals surface area (Å²) in [5.74, 6) is -0.871. The molecule has 3 aromatic rings. The van der Waals surface area contributed by atoms with E-state index in [0.29, 0.717) is 35.7 Å². The molecule has 0 aliphatic carbocycles. The van der Waals surface area contributed by atoms with Crippen LogP contribution in [0.25, 0.3) is 21.7 Å². The molecule has 2 N–H and O–H groups in total. The highest BCUT2D eigenvalue weighted by Crippen LogP contribution is 2.45. The van der Waals surface area contributed by atoms with E-state index in [2.05, 4.69) is 20.0 Å². The molecule has 2 fully saturated rings. The molecule has 0 spiro atoms. The molecule has 1 aromatic carbocycles. The molecule has 5 rings (SSSR count). The summed E-state index contributed by atoms with van der Waals surface area (Å²) in [4.78, 5) is 10.7. The predicted octanol–water partition coefficient (Wildman–Crippen LogP) is 4.48. The lowest BCUT2D eigenvalue weighted by atomic mass is 9.95. The molecule has 172 valence electrons. The summed E-state index contributed by atoms with van der Waals surface area (Å²) >= 11 is 1.33. The summed E-state index contributed by atoms with van der Waals surface area (Å²) < 4.78 is 50.6. The van der Waals surface area contributed by atoms with Gasteiger partial charge in [-0.25, -0.2) is 4.98 Å². The largest absolute Gasteiger partial charge is 0.573 e. The molecule has 2 bridgehead atoms. The van der Waals surface area contributed by atoms with Gasteiger partial charge in [0, 0.05) is 42.3 Å². The maximum Gasteiger partial charge on any atom is 0.573 e. The molecule has 3 unspecified atom stereocenters. The third kappa shape index (κ3) is 3.93. The summed E-state index contributed by atoms with van der Waals surface area (Å²) in [5, 5.41) is 16.6. The van der Waals surface area contributed by atoms with Crippen LogP contribution in [0.3, 0.4) is 0 Å². The van der Waals surface area contributed by atoms with Gasteiger partial charge in [0.15, 0.2) is 16.8 Å². The zero-order valence-electron chi connectivity index (χ0n) is 17.5. The molecular formula is C21H23F3N4O3S. The third-order valence-corrected chi connectivity index (χ3v) is 6.76. The second-order valence-electron chi connectivity index (χ2n) is 8.63. The molecule has 0 amide bonds. The van der Waals surface area contributed by atoms with E-state index in [1.165, 1.54) is 17.4 Å². The molecule has 32 heavy (non-hydrogen) atoms. The Balaban J connectivity index is 1.71. The third-order valence-electron chi connectivity index (χ3n) is 5.96. The number of alkyl halides is 3. The van der Waals surface area contributed by atoms with E-state index in [4.69, 9.17) is 4.42 Å². The van der Waals surface area contributed by atoms with Crippen molar-refractivity contribution < 1.29 is 27.4 Å². The Labute approximate surface area is 186 Å². The lowest BCUT2D eigenvalue weighted by molar-refractivity contribution is -0.274. The number of benzene rings is 1. The number of fused-ring (bicyclic) bond motifs is 3. The molecule has 2 aliphatic rings. The number of aliphatic hydroxyl groups excluding tert-OH is 1. The molecule has 3 atom stereocenters. The van der Waals surface area contributed by atoms with Crippen LogP contribution in [0, 0.1) is 5.92 Å². The Kier molecular flexibility index (Phi) is 5.30. The quantitative estimate of drug-likeness (QED) is 0.571. The van der Waals surface area contributed by atoms with Gasteiger partial charge in [0.05, 0.1) is 11.7 Å². The molecule has 7 nitrogen and oxygen atoms in total. The minimum absolute atomic E-state index is 0.00950. The standard InChI is InChI=1S/C21H23F3N4O3S/c1-10(2)16(29)13-7-14(19-25-5-6-32-19)17-15(18(13)31-21(22,23)24)27-20(30-17)28-8-11-3-4-12(9-28)26-11/h5-7,10-12,16,26,29H,3-4,8-9H2,1-2H3. The highest BCUT2D eigenvalue weighted by Gasteiger charge is 2.38. The molecule has 0 radical (unpaired) electrons. The SMILES string of the molecule is CC(C)C(O)c1cc(-c2nccs2)c2oc(N3CC4CCC(C3)N4)nc2c1OC(F)(F)F. The van der Waals surface area contributed by atoms with Crippen molar-refractivity contribution in [2.24, 2.45) is 5.92 Å². The molecular weight excluding hydrogens is 445 g/mol. The first-order chi connectivity index (χ1) is 15.2. The van der Waals surface area contributed by atoms with Crippen molar-refractivity contribution in [3.8, 4) is 16.3 Å². The fourth-order valence-corrected chi connectivity index (χ4v) is 5.13. The van der Waals surface area contributed by atoms with Crippen LogP contribution in [0.1, 0.15) is 38.4 Å². The minimum atomic E-state index is -4.95. The summed E-state index contributed by atoms with van der Waals surface area (Å²) in [5.41, 5.74) is 0.594. The van der Waals surface area contributed by atoms with Crippen LogP contribution in [0.5, 0.6) is 5.75 Å². The van der Waals surface area contributed by atoms with Gasteiger partial charge in [-0.2, -0.15) is 4.98 Å². The average Bonchev–Trinajstić information content (AvgIpc) is 3.46. The first kappa shape index (κ1) is 21.5. The molecule has 0 saturated carbocycles. The van der Waals surface area contributed by atoms with Crippen molar-refractivity contribution in [2.45, 2.75) is 51.2 Å². The lowest BCUT2D eigenvalue weighted by Gasteiger charge is -2.31. The van der Waals surface area contributed by atoms with Crippen molar-refractivity contribution in [2.75, 3.05) is 18.0 Å². The molecule has 2 aliphatic heterocycles. The second-order valence-corrected chi connectivity index (χ2v) is 9.53. The number of nitrogens with zero attached hydrogens (tertiary/aromatic N) is 3. The van der Waals surface area contributed by atoms with Gasteiger partial charge in [0.1, 0.15) is 5.01 Å². The Bertz CT molecular complexity index is 1100. The molecule has 2 saturated heterocycles. The smallest absolute Gasteiger partial charge is 0.422 e. The van der Waals surface area contributed by atoms with E-state index >= 15 is 0 Å². The van der Waals surface area contributed by atoms with Crippen molar-refractivity contribution in [3.05, 3.63) is 23.2 Å². The van der Waals surface area contributed by atoms with E-state index in [0.717, 1.165) is 12.8 Å². The van der Waals surface area contributed by atoms with Gasteiger partial charge in [0.2, 0.25) is 0 Å². The van der Waals surface area contributed by atoms with Crippen LogP contribution in [0.4, 0.5) is 19.2 Å². The number of piperazine rings is 1. The number of thiazole rings is 1. The van der Waals surface area contributed by atoms with E-state index in [9.17, 15) is 18.3 Å². The highest BCUT2D eigenvalue weighted by atomic mass is 32.1. The van der Waals surface area contributed by atoms with E-state index in [-0.39, 0.29) is 28.6 Å². The van der Waals surface area contributed by atoms with Gasteiger partial charge in [-0.3, -0.25) is 0 Å². The number of ether oxygens (including phenoxy) is 1. The number of oxazole rings is 1. The normalized spacial score (nSPS) is 22.2. The van der Waals surface area contributed by atoms with Gasteiger partial charge in [-0.05, 0) is 24.8 Å². The Hall–Kier alpha value is -2.37. The first-order valence-electron chi connectivity index (χ1n) is 10.5. The topological polar surface area (TPSA) is 83.7 Å². The Morgan fingerprint density at radius 2 is 2.00 bits per heavy atom. The van der Waals surface area contributed by atoms with E-state index in [1.807, 2.05) is 4.90 Å². The average molecular weight is 469 g/mol.